The van der Waals surface area contributed by atoms with Crippen LogP contribution in [0.3, 0.4) is 0 Å². The van der Waals surface area contributed by atoms with Crippen molar-refractivity contribution in [3.05, 3.63) is 54.2 Å². The molecule has 0 saturated carbocycles. The highest BCUT2D eigenvalue weighted by Crippen LogP contribution is 2.31. The molecule has 0 atom stereocenters. The number of ether oxygens (including phenoxy) is 1. The molecule has 0 unspecified atom stereocenters. The highest BCUT2D eigenvalue weighted by Gasteiger charge is 2.17. The van der Waals surface area contributed by atoms with Gasteiger partial charge >= 0.3 is 0 Å². The van der Waals surface area contributed by atoms with E-state index in [4.69, 9.17) is 4.74 Å². The van der Waals surface area contributed by atoms with E-state index in [0.29, 0.717) is 17.3 Å². The molecule has 1 aromatic carbocycles. The first kappa shape index (κ1) is 18.9. The van der Waals surface area contributed by atoms with Crippen molar-refractivity contribution in [3.63, 3.8) is 0 Å². The van der Waals surface area contributed by atoms with Crippen LogP contribution >= 0.6 is 0 Å². The summed E-state index contributed by atoms with van der Waals surface area (Å²) in [5.41, 5.74) is 4.51. The molecule has 0 bridgehead atoms. The Morgan fingerprint density at radius 3 is 2.69 bits per heavy atom. The van der Waals surface area contributed by atoms with Gasteiger partial charge in [-0.2, -0.15) is 5.10 Å². The maximum atomic E-state index is 11.6. The topological polar surface area (TPSA) is 103 Å². The molecule has 150 valence electrons. The Morgan fingerprint density at radius 1 is 1.17 bits per heavy atom. The Balaban J connectivity index is 1.83. The van der Waals surface area contributed by atoms with Gasteiger partial charge in [-0.05, 0) is 32.0 Å². The van der Waals surface area contributed by atoms with Gasteiger partial charge in [0.2, 0.25) is 10.0 Å². The SMILES string of the molecule is COc1cc(-n2ccnc2-c2cnn3c(C)cc(C)nc23)ccc1NS(C)(=O)=O. The zero-order valence-corrected chi connectivity index (χ0v) is 17.2. The molecule has 4 rings (SSSR count). The summed E-state index contributed by atoms with van der Waals surface area (Å²) >= 11 is 0. The molecule has 0 spiro atoms. The molecule has 3 aromatic heterocycles. The molecule has 0 fully saturated rings. The predicted octanol–water partition coefficient (Wildman–Crippen LogP) is 2.58. The number of rotatable bonds is 5. The van der Waals surface area contributed by atoms with E-state index in [-0.39, 0.29) is 0 Å². The monoisotopic (exact) mass is 412 g/mol. The fourth-order valence-electron chi connectivity index (χ4n) is 3.25. The Morgan fingerprint density at radius 2 is 1.97 bits per heavy atom. The zero-order chi connectivity index (χ0) is 20.8. The third kappa shape index (κ3) is 3.54. The van der Waals surface area contributed by atoms with E-state index in [0.717, 1.165) is 34.5 Å². The van der Waals surface area contributed by atoms with Crippen molar-refractivity contribution < 1.29 is 13.2 Å². The Labute approximate surface area is 168 Å². The van der Waals surface area contributed by atoms with Crippen LogP contribution in [0.4, 0.5) is 5.69 Å². The molecular weight excluding hydrogens is 392 g/mol. The predicted molar refractivity (Wildman–Crippen MR) is 110 cm³/mol. The summed E-state index contributed by atoms with van der Waals surface area (Å²) < 4.78 is 34.6. The van der Waals surface area contributed by atoms with Gasteiger partial charge in [-0.15, -0.1) is 0 Å². The molecule has 0 aliphatic rings. The summed E-state index contributed by atoms with van der Waals surface area (Å²) in [4.78, 5) is 9.12. The minimum atomic E-state index is -3.42. The van der Waals surface area contributed by atoms with Crippen LogP contribution < -0.4 is 9.46 Å². The van der Waals surface area contributed by atoms with Crippen LogP contribution in [-0.4, -0.2) is 45.9 Å². The number of imidazole rings is 1. The molecule has 0 saturated heterocycles. The number of aromatic nitrogens is 5. The number of nitrogens with zero attached hydrogens (tertiary/aromatic N) is 5. The van der Waals surface area contributed by atoms with Crippen molar-refractivity contribution in [2.75, 3.05) is 18.1 Å². The first-order valence-electron chi connectivity index (χ1n) is 8.79. The first-order valence-corrected chi connectivity index (χ1v) is 10.7. The van der Waals surface area contributed by atoms with Gasteiger partial charge < -0.3 is 4.74 Å². The quantitative estimate of drug-likeness (QED) is 0.540. The Hall–Kier alpha value is -3.40. The molecule has 10 heteroatoms. The molecule has 1 N–H and O–H groups in total. The molecule has 4 aromatic rings. The maximum Gasteiger partial charge on any atom is 0.229 e. The standard InChI is InChI=1S/C19H20N6O3S/c1-12-9-13(2)25-19(22-12)15(11-21-25)18-20-7-8-24(18)14-5-6-16(17(10-14)28-3)23-29(4,26)27/h5-11,23H,1-4H3. The number of anilines is 1. The summed E-state index contributed by atoms with van der Waals surface area (Å²) in [6, 6.07) is 7.15. The number of aryl methyl sites for hydroxylation is 2. The van der Waals surface area contributed by atoms with Gasteiger partial charge in [0.15, 0.2) is 5.65 Å². The summed E-state index contributed by atoms with van der Waals surface area (Å²) in [5.74, 6) is 1.07. The minimum absolute atomic E-state index is 0.365. The lowest BCUT2D eigenvalue weighted by Crippen LogP contribution is -2.10. The van der Waals surface area contributed by atoms with Crippen LogP contribution in [0.5, 0.6) is 5.75 Å². The average Bonchev–Trinajstić information content (AvgIpc) is 3.27. The second kappa shape index (κ2) is 6.89. The molecular formula is C19H20N6O3S. The molecule has 29 heavy (non-hydrogen) atoms. The lowest BCUT2D eigenvalue weighted by molar-refractivity contribution is 0.416. The van der Waals surface area contributed by atoms with E-state index in [1.165, 1.54) is 7.11 Å². The van der Waals surface area contributed by atoms with Gasteiger partial charge in [-0.25, -0.2) is 22.9 Å². The van der Waals surface area contributed by atoms with Gasteiger partial charge in [-0.3, -0.25) is 9.29 Å². The number of methoxy groups -OCH3 is 1. The molecule has 0 aliphatic carbocycles. The third-order valence-corrected chi connectivity index (χ3v) is 5.01. The van der Waals surface area contributed by atoms with Crippen LogP contribution in [0.2, 0.25) is 0 Å². The van der Waals surface area contributed by atoms with Crippen molar-refractivity contribution in [2.24, 2.45) is 0 Å². The summed E-state index contributed by atoms with van der Waals surface area (Å²) in [5, 5.41) is 4.44. The highest BCUT2D eigenvalue weighted by atomic mass is 32.2. The van der Waals surface area contributed by atoms with Gasteiger partial charge in [0.05, 0.1) is 36.5 Å². The van der Waals surface area contributed by atoms with E-state index < -0.39 is 10.0 Å². The average molecular weight is 412 g/mol. The lowest BCUT2D eigenvalue weighted by Gasteiger charge is -2.13. The van der Waals surface area contributed by atoms with Crippen molar-refractivity contribution in [2.45, 2.75) is 13.8 Å². The van der Waals surface area contributed by atoms with Gasteiger partial charge in [-0.1, -0.05) is 0 Å². The Kier molecular flexibility index (Phi) is 4.50. The van der Waals surface area contributed by atoms with E-state index in [2.05, 4.69) is 19.8 Å². The van der Waals surface area contributed by atoms with Crippen LogP contribution in [0.1, 0.15) is 11.4 Å². The second-order valence-corrected chi connectivity index (χ2v) is 8.46. The number of benzene rings is 1. The number of fused-ring (bicyclic) bond motifs is 1. The number of nitrogens with one attached hydrogen (secondary N) is 1. The first-order chi connectivity index (χ1) is 13.8. The number of hydrogen-bond acceptors (Lipinski definition) is 6. The molecule has 0 radical (unpaired) electrons. The van der Waals surface area contributed by atoms with Crippen molar-refractivity contribution >= 4 is 21.4 Å². The molecule has 0 amide bonds. The van der Waals surface area contributed by atoms with E-state index in [1.807, 2.05) is 30.7 Å². The van der Waals surface area contributed by atoms with Crippen LogP contribution in [0.15, 0.2) is 42.9 Å². The number of sulfonamides is 1. The molecule has 0 aliphatic heterocycles. The summed E-state index contributed by atoms with van der Waals surface area (Å²) in [6.07, 6.45) is 6.34. The number of hydrogen-bond donors (Lipinski definition) is 1. The summed E-state index contributed by atoms with van der Waals surface area (Å²) in [7, 11) is -1.93. The zero-order valence-electron chi connectivity index (χ0n) is 16.4. The van der Waals surface area contributed by atoms with Crippen molar-refractivity contribution in [1.82, 2.24) is 24.1 Å². The van der Waals surface area contributed by atoms with Crippen molar-refractivity contribution in [3.8, 4) is 22.8 Å². The van der Waals surface area contributed by atoms with Crippen molar-refractivity contribution in [1.29, 1.82) is 0 Å². The van der Waals surface area contributed by atoms with E-state index in [1.54, 1.807) is 35.1 Å². The van der Waals surface area contributed by atoms with Crippen LogP contribution in [0.25, 0.3) is 22.7 Å². The van der Waals surface area contributed by atoms with E-state index in [9.17, 15) is 8.42 Å². The van der Waals surface area contributed by atoms with Crippen LogP contribution in [-0.2, 0) is 10.0 Å². The third-order valence-electron chi connectivity index (χ3n) is 4.42. The summed E-state index contributed by atoms with van der Waals surface area (Å²) in [6.45, 7) is 3.91. The Bertz CT molecular complexity index is 1320. The van der Waals surface area contributed by atoms with E-state index >= 15 is 0 Å². The lowest BCUT2D eigenvalue weighted by atomic mass is 10.2. The molecule has 9 nitrogen and oxygen atoms in total. The smallest absolute Gasteiger partial charge is 0.229 e. The maximum absolute atomic E-state index is 11.6. The fourth-order valence-corrected chi connectivity index (χ4v) is 3.82. The minimum Gasteiger partial charge on any atom is -0.494 e. The highest BCUT2D eigenvalue weighted by molar-refractivity contribution is 7.92. The van der Waals surface area contributed by atoms with Gasteiger partial charge in [0, 0.05) is 29.8 Å². The second-order valence-electron chi connectivity index (χ2n) is 6.71. The molecule has 3 heterocycles. The fraction of sp³-hybridized carbons (Fsp3) is 0.211. The normalized spacial score (nSPS) is 11.7. The van der Waals surface area contributed by atoms with Gasteiger partial charge in [0.25, 0.3) is 0 Å². The largest absolute Gasteiger partial charge is 0.494 e. The van der Waals surface area contributed by atoms with Crippen LogP contribution in [0, 0.1) is 13.8 Å². The van der Waals surface area contributed by atoms with Gasteiger partial charge in [0.1, 0.15) is 11.6 Å².